The van der Waals surface area contributed by atoms with Crippen LogP contribution in [0.1, 0.15) is 44.0 Å². The quantitative estimate of drug-likeness (QED) is 0.763. The Kier molecular flexibility index (Phi) is 3.58. The molecular weight excluding hydrogens is 372 g/mol. The number of aliphatic hydroxyl groups is 1. The van der Waals surface area contributed by atoms with Crippen molar-refractivity contribution in [2.75, 3.05) is 6.61 Å². The molecule has 0 amide bonds. The molecule has 1 saturated carbocycles. The number of carbonyl (C=O) groups excluding carboxylic acids is 2. The molecule has 3 aliphatic carbocycles. The fourth-order valence-electron chi connectivity index (χ4n) is 5.85. The van der Waals surface area contributed by atoms with Gasteiger partial charge in [0.2, 0.25) is 0 Å². The first-order valence-electron chi connectivity index (χ1n) is 9.97. The van der Waals surface area contributed by atoms with E-state index in [1.54, 1.807) is 31.2 Å². The molecular formula is C23H24O6. The van der Waals surface area contributed by atoms with Crippen LogP contribution in [0.2, 0.25) is 0 Å². The molecule has 6 heteroatoms. The summed E-state index contributed by atoms with van der Waals surface area (Å²) in [7, 11) is 0. The minimum atomic E-state index is -1.34. The highest BCUT2D eigenvalue weighted by Gasteiger charge is 2.81. The molecule has 0 unspecified atom stereocenters. The molecule has 152 valence electrons. The number of phenolic OH excluding ortho intramolecular Hbond substituents is 1. The number of hydrogen-bond acceptors (Lipinski definition) is 6. The largest absolute Gasteiger partial charge is 0.507 e. The summed E-state index contributed by atoms with van der Waals surface area (Å²) in [5.74, 6) is -0.865. The molecule has 4 bridgehead atoms. The highest BCUT2D eigenvalue weighted by atomic mass is 16.6. The molecule has 1 aromatic rings. The number of allylic oxidation sites excluding steroid dienone is 1. The average Bonchev–Trinajstić information content (AvgIpc) is 2.83. The Bertz CT molecular complexity index is 1020. The van der Waals surface area contributed by atoms with E-state index in [1.807, 2.05) is 13.8 Å². The Morgan fingerprint density at radius 1 is 1.31 bits per heavy atom. The Morgan fingerprint density at radius 2 is 2.07 bits per heavy atom. The SMILES string of the molecule is C/C(=C/C[C@@]12OC(C)(C)[C@@H]3C[C@@H](C=C4C(=O)c5c(O)cccc5O[C@]431)C2=O)CO. The van der Waals surface area contributed by atoms with Crippen LogP contribution in [-0.2, 0) is 9.53 Å². The molecule has 2 heterocycles. The van der Waals surface area contributed by atoms with Gasteiger partial charge in [0.15, 0.2) is 22.8 Å². The lowest BCUT2D eigenvalue weighted by atomic mass is 9.51. The molecule has 2 N–H and O–H groups in total. The molecule has 2 aliphatic heterocycles. The van der Waals surface area contributed by atoms with Crippen molar-refractivity contribution in [1.82, 2.24) is 0 Å². The number of ketones is 2. The van der Waals surface area contributed by atoms with Gasteiger partial charge in [-0.1, -0.05) is 23.8 Å². The highest BCUT2D eigenvalue weighted by Crippen LogP contribution is 2.67. The zero-order chi connectivity index (χ0) is 20.8. The molecule has 4 atom stereocenters. The summed E-state index contributed by atoms with van der Waals surface area (Å²) >= 11 is 0. The summed E-state index contributed by atoms with van der Waals surface area (Å²) in [6.45, 7) is 5.55. The van der Waals surface area contributed by atoms with E-state index in [2.05, 4.69) is 0 Å². The van der Waals surface area contributed by atoms with Gasteiger partial charge in [0, 0.05) is 23.8 Å². The maximum absolute atomic E-state index is 13.6. The number of phenols is 1. The first-order chi connectivity index (χ1) is 13.7. The molecule has 29 heavy (non-hydrogen) atoms. The Labute approximate surface area is 168 Å². The van der Waals surface area contributed by atoms with Gasteiger partial charge >= 0.3 is 0 Å². The Morgan fingerprint density at radius 3 is 2.79 bits per heavy atom. The number of rotatable bonds is 3. The smallest absolute Gasteiger partial charge is 0.200 e. The number of Topliss-reactive ketones (excluding diaryl/α,β-unsaturated/α-hetero) is 2. The second kappa shape index (κ2) is 5.58. The zero-order valence-electron chi connectivity index (χ0n) is 16.7. The molecule has 1 saturated heterocycles. The van der Waals surface area contributed by atoms with Crippen molar-refractivity contribution in [3.8, 4) is 11.5 Å². The van der Waals surface area contributed by atoms with E-state index in [4.69, 9.17) is 9.47 Å². The molecule has 5 aliphatic rings. The summed E-state index contributed by atoms with van der Waals surface area (Å²) in [5.41, 5.74) is -2.00. The van der Waals surface area contributed by atoms with Gasteiger partial charge in [-0.25, -0.2) is 0 Å². The molecule has 6 nitrogen and oxygen atoms in total. The average molecular weight is 396 g/mol. The highest BCUT2D eigenvalue weighted by molar-refractivity contribution is 6.18. The van der Waals surface area contributed by atoms with Crippen LogP contribution >= 0.6 is 0 Å². The van der Waals surface area contributed by atoms with Crippen molar-refractivity contribution >= 4 is 11.6 Å². The van der Waals surface area contributed by atoms with Crippen LogP contribution in [0.5, 0.6) is 11.5 Å². The van der Waals surface area contributed by atoms with E-state index in [0.29, 0.717) is 12.0 Å². The first kappa shape index (κ1) is 18.6. The van der Waals surface area contributed by atoms with E-state index < -0.39 is 22.7 Å². The lowest BCUT2D eigenvalue weighted by molar-refractivity contribution is -0.171. The molecule has 2 fully saturated rings. The van der Waals surface area contributed by atoms with Crippen molar-refractivity contribution in [3.63, 3.8) is 0 Å². The second-order valence-corrected chi connectivity index (χ2v) is 9.10. The van der Waals surface area contributed by atoms with E-state index in [9.17, 15) is 19.8 Å². The fraction of sp³-hybridized carbons (Fsp3) is 0.478. The van der Waals surface area contributed by atoms with Crippen LogP contribution in [0, 0.1) is 11.8 Å². The molecule has 1 aromatic carbocycles. The number of ether oxygens (including phenoxy) is 2. The van der Waals surface area contributed by atoms with Crippen LogP contribution in [0.4, 0.5) is 0 Å². The van der Waals surface area contributed by atoms with Gasteiger partial charge in [-0.3, -0.25) is 9.59 Å². The van der Waals surface area contributed by atoms with Crippen molar-refractivity contribution in [3.05, 3.63) is 47.1 Å². The van der Waals surface area contributed by atoms with E-state index in [1.165, 1.54) is 6.07 Å². The summed E-state index contributed by atoms with van der Waals surface area (Å²) in [4.78, 5) is 27.1. The number of hydrogen-bond donors (Lipinski definition) is 2. The van der Waals surface area contributed by atoms with E-state index in [0.717, 1.165) is 5.57 Å². The van der Waals surface area contributed by atoms with E-state index in [-0.39, 0.29) is 47.6 Å². The van der Waals surface area contributed by atoms with Crippen LogP contribution < -0.4 is 4.74 Å². The second-order valence-electron chi connectivity index (χ2n) is 9.10. The Balaban J connectivity index is 1.79. The third-order valence-electron chi connectivity index (χ3n) is 7.09. The maximum atomic E-state index is 13.6. The minimum absolute atomic E-state index is 0.0820. The van der Waals surface area contributed by atoms with Gasteiger partial charge in [-0.2, -0.15) is 0 Å². The summed E-state index contributed by atoms with van der Waals surface area (Å²) in [5, 5.41) is 19.7. The van der Waals surface area contributed by atoms with Gasteiger partial charge in [0.25, 0.3) is 0 Å². The number of fused-ring (bicyclic) bond motifs is 1. The van der Waals surface area contributed by atoms with Gasteiger partial charge < -0.3 is 19.7 Å². The van der Waals surface area contributed by atoms with Crippen molar-refractivity contribution < 1.29 is 29.3 Å². The fourth-order valence-corrected chi connectivity index (χ4v) is 5.85. The van der Waals surface area contributed by atoms with Gasteiger partial charge in [-0.05, 0) is 39.3 Å². The third kappa shape index (κ3) is 2.03. The first-order valence-corrected chi connectivity index (χ1v) is 9.97. The standard InChI is InChI=1S/C23H24O6/c1-12(11-24)7-8-22-20(27)13-9-14-19(26)18-15(25)5-4-6-16(18)28-23(14,22)17(10-13)21(2,3)29-22/h4-7,9,13,17,24-25H,8,10-11H2,1-3H3/b12-7-/t13-,17+,22+,23-/m1/s1. The number of aromatic hydroxyl groups is 1. The third-order valence-corrected chi connectivity index (χ3v) is 7.09. The predicted octanol–water partition coefficient (Wildman–Crippen LogP) is 2.73. The molecule has 0 aromatic heterocycles. The summed E-state index contributed by atoms with van der Waals surface area (Å²) in [6.07, 6.45) is 4.30. The van der Waals surface area contributed by atoms with Crippen molar-refractivity contribution in [2.24, 2.45) is 11.8 Å². The topological polar surface area (TPSA) is 93.1 Å². The van der Waals surface area contributed by atoms with Crippen molar-refractivity contribution in [2.45, 2.75) is 50.4 Å². The minimum Gasteiger partial charge on any atom is -0.507 e. The van der Waals surface area contributed by atoms with Gasteiger partial charge in [0.05, 0.1) is 12.2 Å². The van der Waals surface area contributed by atoms with Crippen LogP contribution in [0.25, 0.3) is 0 Å². The summed E-state index contributed by atoms with van der Waals surface area (Å²) < 4.78 is 13.0. The number of carbonyl (C=O) groups is 2. The van der Waals surface area contributed by atoms with Crippen LogP contribution in [-0.4, -0.2) is 45.2 Å². The maximum Gasteiger partial charge on any atom is 0.200 e. The zero-order valence-corrected chi connectivity index (χ0v) is 16.7. The lowest BCUT2D eigenvalue weighted by Crippen LogP contribution is -2.72. The predicted molar refractivity (Wildman–Crippen MR) is 104 cm³/mol. The molecule has 1 spiro atoms. The lowest BCUT2D eigenvalue weighted by Gasteiger charge is -2.56. The normalized spacial score (nSPS) is 36.4. The number of aliphatic hydroxyl groups excluding tert-OH is 1. The van der Waals surface area contributed by atoms with Gasteiger partial charge in [0.1, 0.15) is 17.1 Å². The van der Waals surface area contributed by atoms with Crippen LogP contribution in [0.15, 0.2) is 41.5 Å². The van der Waals surface area contributed by atoms with Crippen molar-refractivity contribution in [1.29, 1.82) is 0 Å². The van der Waals surface area contributed by atoms with E-state index >= 15 is 0 Å². The van der Waals surface area contributed by atoms with Gasteiger partial charge in [-0.15, -0.1) is 0 Å². The molecule has 6 rings (SSSR count). The monoisotopic (exact) mass is 396 g/mol. The molecule has 0 radical (unpaired) electrons. The summed E-state index contributed by atoms with van der Waals surface area (Å²) in [6, 6.07) is 4.74. The Hall–Kier alpha value is -2.44. The number of benzene rings is 1. The van der Waals surface area contributed by atoms with Crippen LogP contribution in [0.3, 0.4) is 0 Å².